The number of nitriles is 1. The Balaban J connectivity index is 2.10. The highest BCUT2D eigenvalue weighted by atomic mass is 16.3. The first kappa shape index (κ1) is 15.9. The molecule has 2 aromatic carbocycles. The molecule has 0 atom stereocenters. The van der Waals surface area contributed by atoms with Crippen LogP contribution in [0, 0.1) is 11.3 Å². The number of aromatic hydroxyl groups is 1. The van der Waals surface area contributed by atoms with Crippen molar-refractivity contribution in [1.29, 1.82) is 5.26 Å². The average molecular weight is 306 g/mol. The van der Waals surface area contributed by atoms with E-state index in [1.54, 1.807) is 6.08 Å². The van der Waals surface area contributed by atoms with E-state index in [9.17, 15) is 15.0 Å². The molecule has 0 heterocycles. The number of aliphatic hydroxyl groups is 1. The van der Waals surface area contributed by atoms with Crippen LogP contribution < -0.4 is 5.32 Å². The number of aliphatic hydroxyl groups excluding tert-OH is 1. The van der Waals surface area contributed by atoms with E-state index in [1.807, 2.05) is 36.4 Å². The summed E-state index contributed by atoms with van der Waals surface area (Å²) in [4.78, 5) is 11.8. The minimum absolute atomic E-state index is 0.00771. The van der Waals surface area contributed by atoms with Crippen LogP contribution in [0.4, 0.5) is 0 Å². The lowest BCUT2D eigenvalue weighted by atomic mass is 10.1. The van der Waals surface area contributed by atoms with Gasteiger partial charge in [0.05, 0.1) is 0 Å². The summed E-state index contributed by atoms with van der Waals surface area (Å²) in [6.45, 7) is 0. The van der Waals surface area contributed by atoms with Crippen molar-refractivity contribution in [3.63, 3.8) is 0 Å². The van der Waals surface area contributed by atoms with Gasteiger partial charge in [0.2, 0.25) is 0 Å². The molecule has 0 unspecified atom stereocenters. The number of nitrogens with one attached hydrogen (secondary N) is 1. The quantitative estimate of drug-likeness (QED) is 0.598. The molecule has 23 heavy (non-hydrogen) atoms. The monoisotopic (exact) mass is 306 g/mol. The van der Waals surface area contributed by atoms with Crippen LogP contribution in [-0.2, 0) is 4.79 Å². The second kappa shape index (κ2) is 7.48. The van der Waals surface area contributed by atoms with E-state index in [2.05, 4.69) is 5.32 Å². The molecule has 3 N–H and O–H groups in total. The molecule has 114 valence electrons. The van der Waals surface area contributed by atoms with Crippen LogP contribution in [-0.4, -0.2) is 16.1 Å². The molecule has 2 rings (SSSR count). The van der Waals surface area contributed by atoms with Gasteiger partial charge in [-0.1, -0.05) is 42.5 Å². The van der Waals surface area contributed by atoms with Gasteiger partial charge in [0.15, 0.2) is 5.76 Å². The zero-order valence-corrected chi connectivity index (χ0v) is 12.1. The lowest BCUT2D eigenvalue weighted by Gasteiger charge is -2.02. The third-order valence-electron chi connectivity index (χ3n) is 3.00. The molecule has 0 aliphatic carbocycles. The topological polar surface area (TPSA) is 93.3 Å². The molecule has 1 amide bonds. The summed E-state index contributed by atoms with van der Waals surface area (Å²) in [6.07, 6.45) is 4.22. The number of amides is 1. The Bertz CT molecular complexity index is 803. The summed E-state index contributed by atoms with van der Waals surface area (Å²) in [5.41, 5.74) is 1.15. The molecule has 0 radical (unpaired) electrons. The van der Waals surface area contributed by atoms with Crippen LogP contribution in [0.15, 0.2) is 60.5 Å². The maximum Gasteiger partial charge on any atom is 0.290 e. The van der Waals surface area contributed by atoms with Gasteiger partial charge in [-0.25, -0.2) is 0 Å². The Kier molecular flexibility index (Phi) is 5.16. The maximum absolute atomic E-state index is 11.8. The van der Waals surface area contributed by atoms with Gasteiger partial charge in [-0.3, -0.25) is 4.79 Å². The predicted molar refractivity (Wildman–Crippen MR) is 87.0 cm³/mol. The van der Waals surface area contributed by atoms with Gasteiger partial charge in [0, 0.05) is 6.20 Å². The van der Waals surface area contributed by atoms with Crippen molar-refractivity contribution in [3.8, 4) is 11.8 Å². The Morgan fingerprint density at radius 1 is 1.13 bits per heavy atom. The Morgan fingerprint density at radius 2 is 1.87 bits per heavy atom. The lowest BCUT2D eigenvalue weighted by Crippen LogP contribution is -2.18. The van der Waals surface area contributed by atoms with Crippen molar-refractivity contribution in [2.45, 2.75) is 0 Å². The number of phenols is 1. The van der Waals surface area contributed by atoms with Crippen LogP contribution in [0.5, 0.6) is 5.75 Å². The molecule has 0 aliphatic rings. The molecular formula is C18H14N2O3. The summed E-state index contributed by atoms with van der Waals surface area (Å²) < 4.78 is 0. The number of carbonyl (C=O) groups excluding carboxylic acids is 1. The lowest BCUT2D eigenvalue weighted by molar-refractivity contribution is -0.118. The Labute approximate surface area is 133 Å². The number of phenolic OH excluding ortho intramolecular Hbond substituents is 1. The van der Waals surface area contributed by atoms with E-state index in [0.717, 1.165) is 11.6 Å². The van der Waals surface area contributed by atoms with Crippen molar-refractivity contribution in [3.05, 3.63) is 77.2 Å². The molecule has 5 nitrogen and oxygen atoms in total. The highest BCUT2D eigenvalue weighted by Gasteiger charge is 2.09. The SMILES string of the molecule is N#Cc1c(O)cccc1/C=C(/O)C(=O)N/C=C\c1ccccc1. The fourth-order valence-electron chi connectivity index (χ4n) is 1.86. The fraction of sp³-hybridized carbons (Fsp3) is 0. The first-order valence-electron chi connectivity index (χ1n) is 6.77. The number of carbonyl (C=O) groups is 1. The van der Waals surface area contributed by atoms with E-state index in [1.165, 1.54) is 24.4 Å². The zero-order valence-electron chi connectivity index (χ0n) is 12.1. The van der Waals surface area contributed by atoms with Crippen LogP contribution in [0.1, 0.15) is 16.7 Å². The third kappa shape index (κ3) is 4.22. The molecule has 0 saturated heterocycles. The largest absolute Gasteiger partial charge is 0.507 e. The number of nitrogens with zero attached hydrogens (tertiary/aromatic N) is 1. The van der Waals surface area contributed by atoms with Crippen LogP contribution in [0.25, 0.3) is 12.2 Å². The van der Waals surface area contributed by atoms with Crippen molar-refractivity contribution in [1.82, 2.24) is 5.32 Å². The van der Waals surface area contributed by atoms with E-state index in [4.69, 9.17) is 5.26 Å². The van der Waals surface area contributed by atoms with Gasteiger partial charge < -0.3 is 15.5 Å². The number of hydrogen-bond acceptors (Lipinski definition) is 4. The van der Waals surface area contributed by atoms with Crippen molar-refractivity contribution in [2.75, 3.05) is 0 Å². The fourth-order valence-corrected chi connectivity index (χ4v) is 1.86. The molecule has 0 aromatic heterocycles. The Hall–Kier alpha value is -3.52. The molecule has 0 spiro atoms. The van der Waals surface area contributed by atoms with Gasteiger partial charge in [-0.15, -0.1) is 0 Å². The molecule has 0 fully saturated rings. The van der Waals surface area contributed by atoms with Gasteiger partial charge in [0.25, 0.3) is 5.91 Å². The van der Waals surface area contributed by atoms with E-state index >= 15 is 0 Å². The second-order valence-corrected chi connectivity index (χ2v) is 4.60. The normalized spacial score (nSPS) is 11.2. The van der Waals surface area contributed by atoms with Crippen molar-refractivity contribution in [2.24, 2.45) is 0 Å². The summed E-state index contributed by atoms with van der Waals surface area (Å²) in [6, 6.07) is 15.6. The smallest absolute Gasteiger partial charge is 0.290 e. The van der Waals surface area contributed by atoms with Crippen LogP contribution in [0.3, 0.4) is 0 Å². The molecule has 0 bridgehead atoms. The first-order valence-corrected chi connectivity index (χ1v) is 6.77. The van der Waals surface area contributed by atoms with Crippen LogP contribution >= 0.6 is 0 Å². The van der Waals surface area contributed by atoms with E-state index in [-0.39, 0.29) is 16.9 Å². The van der Waals surface area contributed by atoms with Gasteiger partial charge in [0.1, 0.15) is 17.4 Å². The first-order chi connectivity index (χ1) is 11.1. The Morgan fingerprint density at radius 3 is 2.57 bits per heavy atom. The van der Waals surface area contributed by atoms with Gasteiger partial charge >= 0.3 is 0 Å². The summed E-state index contributed by atoms with van der Waals surface area (Å²) in [5.74, 6) is -1.49. The van der Waals surface area contributed by atoms with E-state index < -0.39 is 11.7 Å². The van der Waals surface area contributed by atoms with Crippen molar-refractivity contribution >= 4 is 18.1 Å². The zero-order chi connectivity index (χ0) is 16.7. The average Bonchev–Trinajstić information content (AvgIpc) is 2.56. The molecular weight excluding hydrogens is 292 g/mol. The molecule has 0 aliphatic heterocycles. The van der Waals surface area contributed by atoms with Gasteiger partial charge in [-0.05, 0) is 29.3 Å². The number of benzene rings is 2. The highest BCUT2D eigenvalue weighted by molar-refractivity contribution is 5.96. The number of rotatable bonds is 4. The highest BCUT2D eigenvalue weighted by Crippen LogP contribution is 2.21. The minimum atomic E-state index is -0.718. The standard InChI is InChI=1S/C18H14N2O3/c19-12-15-14(7-4-8-16(15)21)11-17(22)18(23)20-10-9-13-5-2-1-3-6-13/h1-11,21-22H,(H,20,23)/b10-9-,17-11+. The van der Waals surface area contributed by atoms with Gasteiger partial charge in [-0.2, -0.15) is 5.26 Å². The summed E-state index contributed by atoms with van der Waals surface area (Å²) >= 11 is 0. The molecule has 5 heteroatoms. The van der Waals surface area contributed by atoms with Crippen molar-refractivity contribution < 1.29 is 15.0 Å². The molecule has 0 saturated carbocycles. The van der Waals surface area contributed by atoms with Crippen LogP contribution in [0.2, 0.25) is 0 Å². The molecule has 2 aromatic rings. The summed E-state index contributed by atoms with van der Waals surface area (Å²) in [7, 11) is 0. The second-order valence-electron chi connectivity index (χ2n) is 4.60. The van der Waals surface area contributed by atoms with E-state index in [0.29, 0.717) is 0 Å². The third-order valence-corrected chi connectivity index (χ3v) is 3.00. The maximum atomic E-state index is 11.8. The summed E-state index contributed by atoms with van der Waals surface area (Å²) in [5, 5.41) is 30.8. The minimum Gasteiger partial charge on any atom is -0.507 e. The number of hydrogen-bond donors (Lipinski definition) is 3. The predicted octanol–water partition coefficient (Wildman–Crippen LogP) is 2.95.